The van der Waals surface area contributed by atoms with Gasteiger partial charge in [0.2, 0.25) is 0 Å². The van der Waals surface area contributed by atoms with Gasteiger partial charge in [0.15, 0.2) is 5.96 Å². The standard InChI is InChI=1S/C16H26BrN3O2/c1-4-18-16(19-10-7-11-21-3)20-12-13(2)22-15-9-6-5-8-14(15)17/h5-6,8-9,13H,4,7,10-12H2,1-3H3,(H2,18,19,20). The molecule has 2 N–H and O–H groups in total. The number of para-hydroxylation sites is 1. The zero-order valence-corrected chi connectivity index (χ0v) is 15.1. The van der Waals surface area contributed by atoms with E-state index in [1.54, 1.807) is 7.11 Å². The molecule has 5 nitrogen and oxygen atoms in total. The summed E-state index contributed by atoms with van der Waals surface area (Å²) in [5.74, 6) is 1.64. The number of methoxy groups -OCH3 is 1. The van der Waals surface area contributed by atoms with Gasteiger partial charge in [0, 0.05) is 26.8 Å². The first-order valence-electron chi connectivity index (χ1n) is 7.59. The van der Waals surface area contributed by atoms with Crippen LogP contribution in [0.1, 0.15) is 20.3 Å². The van der Waals surface area contributed by atoms with Gasteiger partial charge in [-0.25, -0.2) is 4.99 Å². The highest BCUT2D eigenvalue weighted by Crippen LogP contribution is 2.24. The first-order chi connectivity index (χ1) is 10.7. The summed E-state index contributed by atoms with van der Waals surface area (Å²) < 4.78 is 11.9. The lowest BCUT2D eigenvalue weighted by atomic mass is 10.3. The van der Waals surface area contributed by atoms with Crippen molar-refractivity contribution in [3.05, 3.63) is 28.7 Å². The van der Waals surface area contributed by atoms with Gasteiger partial charge in [0.1, 0.15) is 11.9 Å². The molecule has 22 heavy (non-hydrogen) atoms. The lowest BCUT2D eigenvalue weighted by molar-refractivity contribution is 0.195. The number of hydrogen-bond donors (Lipinski definition) is 2. The summed E-state index contributed by atoms with van der Waals surface area (Å²) in [6.07, 6.45) is 0.942. The lowest BCUT2D eigenvalue weighted by Gasteiger charge is -2.16. The van der Waals surface area contributed by atoms with Crippen molar-refractivity contribution in [1.29, 1.82) is 0 Å². The van der Waals surface area contributed by atoms with E-state index in [-0.39, 0.29) is 6.10 Å². The van der Waals surface area contributed by atoms with E-state index in [4.69, 9.17) is 9.47 Å². The van der Waals surface area contributed by atoms with E-state index in [9.17, 15) is 0 Å². The molecular formula is C16H26BrN3O2. The molecule has 0 saturated heterocycles. The topological polar surface area (TPSA) is 54.9 Å². The molecule has 0 bridgehead atoms. The maximum atomic E-state index is 5.89. The van der Waals surface area contributed by atoms with Gasteiger partial charge in [0.25, 0.3) is 0 Å². The van der Waals surface area contributed by atoms with Gasteiger partial charge in [-0.1, -0.05) is 12.1 Å². The van der Waals surface area contributed by atoms with Gasteiger partial charge in [-0.15, -0.1) is 0 Å². The molecule has 0 saturated carbocycles. The van der Waals surface area contributed by atoms with E-state index in [1.165, 1.54) is 0 Å². The van der Waals surface area contributed by atoms with Crippen LogP contribution in [0.25, 0.3) is 0 Å². The van der Waals surface area contributed by atoms with Crippen molar-refractivity contribution in [2.45, 2.75) is 26.4 Å². The molecule has 1 aromatic rings. The number of aliphatic imine (C=N–C) groups is 1. The smallest absolute Gasteiger partial charge is 0.191 e. The fraction of sp³-hybridized carbons (Fsp3) is 0.562. The third-order valence-corrected chi connectivity index (χ3v) is 3.49. The van der Waals surface area contributed by atoms with Crippen molar-refractivity contribution in [2.24, 2.45) is 4.99 Å². The zero-order valence-electron chi connectivity index (χ0n) is 13.6. The van der Waals surface area contributed by atoms with Crippen LogP contribution in [0.15, 0.2) is 33.7 Å². The maximum Gasteiger partial charge on any atom is 0.191 e. The van der Waals surface area contributed by atoms with Gasteiger partial charge < -0.3 is 20.1 Å². The number of rotatable bonds is 9. The monoisotopic (exact) mass is 371 g/mol. The number of nitrogens with one attached hydrogen (secondary N) is 2. The minimum atomic E-state index is -0.00636. The molecule has 1 aromatic carbocycles. The predicted molar refractivity (Wildman–Crippen MR) is 94.7 cm³/mol. The van der Waals surface area contributed by atoms with E-state index in [0.29, 0.717) is 6.54 Å². The second-order valence-electron chi connectivity index (χ2n) is 4.85. The summed E-state index contributed by atoms with van der Waals surface area (Å²) in [6, 6.07) is 7.83. The summed E-state index contributed by atoms with van der Waals surface area (Å²) in [5, 5.41) is 6.50. The molecular weight excluding hydrogens is 346 g/mol. The minimum absolute atomic E-state index is 0.00636. The highest BCUT2D eigenvalue weighted by molar-refractivity contribution is 9.10. The fourth-order valence-electron chi connectivity index (χ4n) is 1.78. The molecule has 0 aromatic heterocycles. The molecule has 1 unspecified atom stereocenters. The van der Waals surface area contributed by atoms with Crippen LogP contribution in [0, 0.1) is 0 Å². The summed E-state index contributed by atoms with van der Waals surface area (Å²) in [6.45, 7) is 7.05. The average Bonchev–Trinajstić information content (AvgIpc) is 2.51. The zero-order chi connectivity index (χ0) is 16.2. The highest BCUT2D eigenvalue weighted by atomic mass is 79.9. The minimum Gasteiger partial charge on any atom is -0.488 e. The van der Waals surface area contributed by atoms with Crippen LogP contribution in [-0.4, -0.2) is 45.4 Å². The van der Waals surface area contributed by atoms with Gasteiger partial charge in [-0.05, 0) is 48.3 Å². The van der Waals surface area contributed by atoms with Gasteiger partial charge in [-0.2, -0.15) is 0 Å². The molecule has 0 aliphatic carbocycles. The Bertz CT molecular complexity index is 455. The van der Waals surface area contributed by atoms with Crippen LogP contribution in [0.3, 0.4) is 0 Å². The van der Waals surface area contributed by atoms with E-state index >= 15 is 0 Å². The van der Waals surface area contributed by atoms with Crippen molar-refractivity contribution in [3.63, 3.8) is 0 Å². The normalized spacial score (nSPS) is 12.8. The molecule has 0 fully saturated rings. The van der Waals surface area contributed by atoms with Crippen molar-refractivity contribution < 1.29 is 9.47 Å². The first kappa shape index (κ1) is 18.8. The van der Waals surface area contributed by atoms with Crippen LogP contribution in [0.2, 0.25) is 0 Å². The molecule has 0 radical (unpaired) electrons. The fourth-order valence-corrected chi connectivity index (χ4v) is 2.16. The number of halogens is 1. The Morgan fingerprint density at radius 3 is 2.77 bits per heavy atom. The Hall–Kier alpha value is -1.27. The molecule has 124 valence electrons. The second-order valence-corrected chi connectivity index (χ2v) is 5.71. The highest BCUT2D eigenvalue weighted by Gasteiger charge is 2.06. The predicted octanol–water partition coefficient (Wildman–Crippen LogP) is 2.81. The molecule has 0 heterocycles. The quantitative estimate of drug-likeness (QED) is 0.398. The van der Waals surface area contributed by atoms with Crippen LogP contribution < -0.4 is 15.4 Å². The van der Waals surface area contributed by atoms with Crippen molar-refractivity contribution in [3.8, 4) is 5.75 Å². The number of ether oxygens (including phenoxy) is 2. The average molecular weight is 372 g/mol. The largest absolute Gasteiger partial charge is 0.488 e. The molecule has 1 atom stereocenters. The van der Waals surface area contributed by atoms with Crippen LogP contribution >= 0.6 is 15.9 Å². The van der Waals surface area contributed by atoms with Gasteiger partial charge in [0.05, 0.1) is 11.0 Å². The summed E-state index contributed by atoms with van der Waals surface area (Å²) >= 11 is 3.48. The second kappa shape index (κ2) is 11.3. The van der Waals surface area contributed by atoms with Crippen molar-refractivity contribution in [1.82, 2.24) is 10.6 Å². The molecule has 6 heteroatoms. The number of benzene rings is 1. The van der Waals surface area contributed by atoms with E-state index in [2.05, 4.69) is 31.6 Å². The Kier molecular flexibility index (Phi) is 9.66. The SMILES string of the molecule is CCNC(=NCC(C)Oc1ccccc1Br)NCCCOC. The number of hydrogen-bond acceptors (Lipinski definition) is 3. The number of guanidine groups is 1. The van der Waals surface area contributed by atoms with Crippen molar-refractivity contribution in [2.75, 3.05) is 33.4 Å². The summed E-state index contributed by atoms with van der Waals surface area (Å²) in [5.41, 5.74) is 0. The Balaban J connectivity index is 2.45. The molecule has 0 amide bonds. The Morgan fingerprint density at radius 2 is 2.09 bits per heavy atom. The van der Waals surface area contributed by atoms with Crippen LogP contribution in [-0.2, 0) is 4.74 Å². The van der Waals surface area contributed by atoms with E-state index in [0.717, 1.165) is 42.3 Å². The van der Waals surface area contributed by atoms with Gasteiger partial charge in [-0.3, -0.25) is 0 Å². The van der Waals surface area contributed by atoms with Crippen LogP contribution in [0.4, 0.5) is 0 Å². The van der Waals surface area contributed by atoms with E-state index < -0.39 is 0 Å². The van der Waals surface area contributed by atoms with Gasteiger partial charge >= 0.3 is 0 Å². The maximum absolute atomic E-state index is 5.89. The molecule has 1 rings (SSSR count). The molecule has 0 aliphatic rings. The Labute approximate surface area is 141 Å². The van der Waals surface area contributed by atoms with Crippen molar-refractivity contribution >= 4 is 21.9 Å². The molecule has 0 spiro atoms. The number of nitrogens with zero attached hydrogens (tertiary/aromatic N) is 1. The first-order valence-corrected chi connectivity index (χ1v) is 8.39. The van der Waals surface area contributed by atoms with E-state index in [1.807, 2.05) is 38.1 Å². The third-order valence-electron chi connectivity index (χ3n) is 2.83. The summed E-state index contributed by atoms with van der Waals surface area (Å²) in [4.78, 5) is 4.55. The summed E-state index contributed by atoms with van der Waals surface area (Å²) in [7, 11) is 1.71. The third kappa shape index (κ3) is 7.66. The molecule has 0 aliphatic heterocycles. The Morgan fingerprint density at radius 1 is 1.32 bits per heavy atom. The lowest BCUT2D eigenvalue weighted by Crippen LogP contribution is -2.38. The van der Waals surface area contributed by atoms with Crippen LogP contribution in [0.5, 0.6) is 5.75 Å².